The second-order valence-electron chi connectivity index (χ2n) is 6.57. The first-order valence-electron chi connectivity index (χ1n) is 8.41. The molecule has 0 atom stereocenters. The Morgan fingerprint density at radius 3 is 2.41 bits per heavy atom. The Morgan fingerprint density at radius 1 is 1.11 bits per heavy atom. The second kappa shape index (κ2) is 7.90. The van der Waals surface area contributed by atoms with Crippen LogP contribution in [-0.2, 0) is 12.7 Å². The quantitative estimate of drug-likeness (QED) is 0.451. The van der Waals surface area contributed by atoms with Gasteiger partial charge in [-0.25, -0.2) is 4.99 Å². The highest BCUT2D eigenvalue weighted by Crippen LogP contribution is 2.34. The molecule has 3 rings (SSSR count). The Labute approximate surface area is 164 Å². The van der Waals surface area contributed by atoms with Gasteiger partial charge in [0.05, 0.1) is 21.2 Å². The lowest BCUT2D eigenvalue weighted by atomic mass is 10.2. The van der Waals surface area contributed by atoms with Crippen molar-refractivity contribution < 1.29 is 13.2 Å². The molecule has 7 heteroatoms. The van der Waals surface area contributed by atoms with Crippen molar-refractivity contribution in [1.82, 2.24) is 4.57 Å². The van der Waals surface area contributed by atoms with Gasteiger partial charge in [0.1, 0.15) is 0 Å². The van der Waals surface area contributed by atoms with E-state index in [2.05, 4.69) is 18.8 Å². The first-order valence-corrected chi connectivity index (χ1v) is 9.60. The largest absolute Gasteiger partial charge is 0.416 e. The summed E-state index contributed by atoms with van der Waals surface area (Å²) in [6.45, 7) is 4.95. The zero-order valence-electron chi connectivity index (χ0n) is 14.8. The van der Waals surface area contributed by atoms with E-state index in [0.717, 1.165) is 29.1 Å². The maximum absolute atomic E-state index is 12.8. The number of benzene rings is 2. The van der Waals surface area contributed by atoms with Crippen molar-refractivity contribution >= 4 is 28.6 Å². The molecule has 0 saturated heterocycles. The number of aromatic nitrogens is 1. The zero-order valence-corrected chi connectivity index (χ0v) is 16.4. The summed E-state index contributed by atoms with van der Waals surface area (Å²) in [7, 11) is 0. The third-order valence-corrected chi connectivity index (χ3v) is 5.20. The van der Waals surface area contributed by atoms with Gasteiger partial charge in [-0.2, -0.15) is 13.2 Å². The minimum Gasteiger partial charge on any atom is -0.323 e. The SMILES string of the molecule is CC(C)Cn1cc(-c2ccccc2)sc1=Nc1ccc(C(F)(F)F)cc1Cl. The topological polar surface area (TPSA) is 17.3 Å². The molecule has 0 aliphatic heterocycles. The molecule has 0 fully saturated rings. The molecule has 1 heterocycles. The number of rotatable bonds is 4. The Balaban J connectivity index is 2.08. The monoisotopic (exact) mass is 410 g/mol. The fourth-order valence-electron chi connectivity index (χ4n) is 2.60. The molecule has 0 unspecified atom stereocenters. The van der Waals surface area contributed by atoms with E-state index in [-0.39, 0.29) is 5.02 Å². The van der Waals surface area contributed by atoms with Gasteiger partial charge in [0.2, 0.25) is 0 Å². The van der Waals surface area contributed by atoms with Gasteiger partial charge in [0.25, 0.3) is 0 Å². The van der Waals surface area contributed by atoms with Crippen LogP contribution in [0.15, 0.2) is 59.7 Å². The minimum atomic E-state index is -4.43. The van der Waals surface area contributed by atoms with Gasteiger partial charge in [-0.15, -0.1) is 0 Å². The molecule has 0 bridgehead atoms. The number of thiazole rings is 1. The van der Waals surface area contributed by atoms with Crippen LogP contribution in [0.5, 0.6) is 0 Å². The summed E-state index contributed by atoms with van der Waals surface area (Å²) in [4.78, 5) is 6.28. The number of halogens is 4. The Bertz CT molecular complexity index is 988. The van der Waals surface area contributed by atoms with Gasteiger partial charge in [-0.1, -0.05) is 67.1 Å². The molecule has 2 aromatic carbocycles. The smallest absolute Gasteiger partial charge is 0.323 e. The van der Waals surface area contributed by atoms with Crippen LogP contribution in [0.4, 0.5) is 18.9 Å². The van der Waals surface area contributed by atoms with E-state index >= 15 is 0 Å². The average Bonchev–Trinajstić information content (AvgIpc) is 2.98. The highest BCUT2D eigenvalue weighted by atomic mass is 35.5. The van der Waals surface area contributed by atoms with Crippen molar-refractivity contribution in [3.63, 3.8) is 0 Å². The lowest BCUT2D eigenvalue weighted by molar-refractivity contribution is -0.137. The summed E-state index contributed by atoms with van der Waals surface area (Å²) in [5.41, 5.74) is 0.612. The van der Waals surface area contributed by atoms with E-state index < -0.39 is 11.7 Å². The van der Waals surface area contributed by atoms with E-state index in [4.69, 9.17) is 11.6 Å². The highest BCUT2D eigenvalue weighted by Gasteiger charge is 2.30. The van der Waals surface area contributed by atoms with E-state index in [1.54, 1.807) is 0 Å². The van der Waals surface area contributed by atoms with Crippen LogP contribution < -0.4 is 4.80 Å². The lowest BCUT2D eigenvalue weighted by Gasteiger charge is -2.08. The first-order chi connectivity index (χ1) is 12.7. The van der Waals surface area contributed by atoms with E-state index in [1.165, 1.54) is 17.4 Å². The molecule has 0 aliphatic rings. The minimum absolute atomic E-state index is 0.0180. The third-order valence-electron chi connectivity index (χ3n) is 3.83. The molecule has 27 heavy (non-hydrogen) atoms. The molecule has 142 valence electrons. The van der Waals surface area contributed by atoms with Gasteiger partial charge in [-0.05, 0) is 29.7 Å². The van der Waals surface area contributed by atoms with Crippen LogP contribution in [-0.4, -0.2) is 4.57 Å². The normalized spacial score (nSPS) is 12.8. The van der Waals surface area contributed by atoms with E-state index in [1.807, 2.05) is 41.1 Å². The number of hydrogen-bond donors (Lipinski definition) is 0. The Hall–Kier alpha value is -2.05. The molecule has 1 aromatic heterocycles. The van der Waals surface area contributed by atoms with Crippen molar-refractivity contribution in [1.29, 1.82) is 0 Å². The van der Waals surface area contributed by atoms with Crippen LogP contribution >= 0.6 is 22.9 Å². The van der Waals surface area contributed by atoms with Crippen molar-refractivity contribution in [2.75, 3.05) is 0 Å². The number of alkyl halides is 3. The second-order valence-corrected chi connectivity index (χ2v) is 7.98. The standard InChI is InChI=1S/C20H18ClF3N2S/c1-13(2)11-26-12-18(14-6-4-3-5-7-14)27-19(26)25-17-9-8-15(10-16(17)21)20(22,23)24/h3-10,12-13H,11H2,1-2H3. The predicted molar refractivity (Wildman–Crippen MR) is 104 cm³/mol. The summed E-state index contributed by atoms with van der Waals surface area (Å²) in [5, 5.41) is -0.0180. The molecule has 3 aromatic rings. The molecular formula is C20H18ClF3N2S. The van der Waals surface area contributed by atoms with Crippen LogP contribution in [0.1, 0.15) is 19.4 Å². The Kier molecular flexibility index (Phi) is 5.77. The molecular weight excluding hydrogens is 393 g/mol. The molecule has 0 saturated carbocycles. The summed E-state index contributed by atoms with van der Waals surface area (Å²) < 4.78 is 40.5. The average molecular weight is 411 g/mol. The highest BCUT2D eigenvalue weighted by molar-refractivity contribution is 7.12. The van der Waals surface area contributed by atoms with Crippen LogP contribution in [0.2, 0.25) is 5.02 Å². The van der Waals surface area contributed by atoms with Gasteiger partial charge in [0, 0.05) is 12.7 Å². The van der Waals surface area contributed by atoms with Crippen LogP contribution in [0, 0.1) is 5.92 Å². The van der Waals surface area contributed by atoms with E-state index in [0.29, 0.717) is 16.4 Å². The van der Waals surface area contributed by atoms with Gasteiger partial charge in [0.15, 0.2) is 4.80 Å². The molecule has 0 radical (unpaired) electrons. The van der Waals surface area contributed by atoms with Crippen LogP contribution in [0.3, 0.4) is 0 Å². The van der Waals surface area contributed by atoms with Crippen molar-refractivity contribution in [2.24, 2.45) is 10.9 Å². The van der Waals surface area contributed by atoms with Gasteiger partial charge < -0.3 is 4.57 Å². The van der Waals surface area contributed by atoms with Crippen molar-refractivity contribution in [3.8, 4) is 10.4 Å². The maximum atomic E-state index is 12.8. The molecule has 2 nitrogen and oxygen atoms in total. The van der Waals surface area contributed by atoms with Crippen molar-refractivity contribution in [3.05, 3.63) is 70.1 Å². The van der Waals surface area contributed by atoms with E-state index in [9.17, 15) is 13.2 Å². The lowest BCUT2D eigenvalue weighted by Crippen LogP contribution is -2.16. The van der Waals surface area contributed by atoms with Crippen molar-refractivity contribution in [2.45, 2.75) is 26.6 Å². The summed E-state index contributed by atoms with van der Waals surface area (Å²) in [6, 6.07) is 13.1. The van der Waals surface area contributed by atoms with Crippen LogP contribution in [0.25, 0.3) is 10.4 Å². The first kappa shape index (κ1) is 19.7. The maximum Gasteiger partial charge on any atom is 0.416 e. The number of hydrogen-bond acceptors (Lipinski definition) is 2. The molecule has 0 aliphatic carbocycles. The Morgan fingerprint density at radius 2 is 1.81 bits per heavy atom. The summed E-state index contributed by atoms with van der Waals surface area (Å²) >= 11 is 7.55. The third kappa shape index (κ3) is 4.82. The summed E-state index contributed by atoms with van der Waals surface area (Å²) in [6.07, 6.45) is -2.40. The fraction of sp³-hybridized carbons (Fsp3) is 0.250. The molecule has 0 N–H and O–H groups in total. The van der Waals surface area contributed by atoms with Gasteiger partial charge in [-0.3, -0.25) is 0 Å². The fourth-order valence-corrected chi connectivity index (χ4v) is 3.85. The predicted octanol–water partition coefficient (Wildman–Crippen LogP) is 6.78. The zero-order chi connectivity index (χ0) is 19.6. The van der Waals surface area contributed by atoms with Gasteiger partial charge >= 0.3 is 6.18 Å². The molecule has 0 amide bonds. The summed E-state index contributed by atoms with van der Waals surface area (Å²) in [5.74, 6) is 0.394. The number of nitrogens with zero attached hydrogens (tertiary/aromatic N) is 2. The molecule has 0 spiro atoms.